The summed E-state index contributed by atoms with van der Waals surface area (Å²) in [5.74, 6) is 2.34. The van der Waals surface area contributed by atoms with Crippen LogP contribution in [0, 0.1) is 0 Å². The molecule has 0 heterocycles. The third-order valence-corrected chi connectivity index (χ3v) is 2.79. The van der Waals surface area contributed by atoms with Gasteiger partial charge >= 0.3 is 0 Å². The molecule has 68 valence electrons. The van der Waals surface area contributed by atoms with E-state index >= 15 is 0 Å². The fourth-order valence-corrected chi connectivity index (χ4v) is 1.71. The smallest absolute Gasteiger partial charge is 0.0130 e. The Kier molecular flexibility index (Phi) is 8.64. The Bertz CT molecular complexity index is 76.0. The molecular formula is C9H21NS. The normalized spacial score (nSPS) is 13.4. The highest BCUT2D eigenvalue weighted by Crippen LogP contribution is 2.07. The summed E-state index contributed by atoms with van der Waals surface area (Å²) in [4.78, 5) is 0. The van der Waals surface area contributed by atoms with Crippen molar-refractivity contribution in [3.63, 3.8) is 0 Å². The van der Waals surface area contributed by atoms with Crippen molar-refractivity contribution in [2.75, 3.05) is 11.5 Å². The fraction of sp³-hybridized carbons (Fsp3) is 1.00. The zero-order valence-electron chi connectivity index (χ0n) is 7.81. The maximum atomic E-state index is 5.88. The molecule has 0 bridgehead atoms. The Labute approximate surface area is 75.1 Å². The van der Waals surface area contributed by atoms with E-state index in [1.807, 2.05) is 11.8 Å². The Morgan fingerprint density at radius 3 is 2.55 bits per heavy atom. The maximum Gasteiger partial charge on any atom is 0.0130 e. The Morgan fingerprint density at radius 1 is 1.27 bits per heavy atom. The fourth-order valence-electron chi connectivity index (χ4n) is 1.01. The molecule has 0 amide bonds. The van der Waals surface area contributed by atoms with Crippen molar-refractivity contribution < 1.29 is 0 Å². The summed E-state index contributed by atoms with van der Waals surface area (Å²) in [6, 6.07) is 0.437. The van der Waals surface area contributed by atoms with Crippen LogP contribution in [-0.4, -0.2) is 17.5 Å². The minimum atomic E-state index is 0.437. The van der Waals surface area contributed by atoms with E-state index in [1.54, 1.807) is 0 Å². The van der Waals surface area contributed by atoms with Crippen LogP contribution in [0.5, 0.6) is 0 Å². The molecule has 0 aromatic rings. The second kappa shape index (κ2) is 8.41. The highest BCUT2D eigenvalue weighted by Gasteiger charge is 2.00. The molecule has 0 saturated carbocycles. The van der Waals surface area contributed by atoms with E-state index in [4.69, 9.17) is 5.73 Å². The lowest BCUT2D eigenvalue weighted by molar-refractivity contribution is 0.597. The first-order valence-corrected chi connectivity index (χ1v) is 5.80. The largest absolute Gasteiger partial charge is 0.327 e. The van der Waals surface area contributed by atoms with Gasteiger partial charge in [0.15, 0.2) is 0 Å². The number of nitrogens with two attached hydrogens (primary N) is 1. The monoisotopic (exact) mass is 175 g/mol. The van der Waals surface area contributed by atoms with Gasteiger partial charge in [0.05, 0.1) is 0 Å². The van der Waals surface area contributed by atoms with Crippen molar-refractivity contribution in [1.29, 1.82) is 0 Å². The number of thioether (sulfide) groups is 1. The minimum Gasteiger partial charge on any atom is -0.327 e. The lowest BCUT2D eigenvalue weighted by Gasteiger charge is -2.09. The van der Waals surface area contributed by atoms with E-state index in [9.17, 15) is 0 Å². The predicted octanol–water partition coefficient (Wildman–Crippen LogP) is 2.65. The van der Waals surface area contributed by atoms with Gasteiger partial charge in [0.1, 0.15) is 0 Å². The molecule has 11 heavy (non-hydrogen) atoms. The van der Waals surface area contributed by atoms with Gasteiger partial charge in [-0.2, -0.15) is 11.8 Å². The Balaban J connectivity index is 3.02. The molecule has 2 heteroatoms. The van der Waals surface area contributed by atoms with Crippen molar-refractivity contribution in [3.05, 3.63) is 0 Å². The summed E-state index contributed by atoms with van der Waals surface area (Å²) < 4.78 is 0. The second-order valence-corrected chi connectivity index (χ2v) is 4.23. The first-order valence-electron chi connectivity index (χ1n) is 4.64. The van der Waals surface area contributed by atoms with E-state index in [1.165, 1.54) is 31.4 Å². The lowest BCUT2D eigenvalue weighted by atomic mass is 10.1. The van der Waals surface area contributed by atoms with Gasteiger partial charge in [0.2, 0.25) is 0 Å². The highest BCUT2D eigenvalue weighted by atomic mass is 32.2. The maximum absolute atomic E-state index is 5.88. The lowest BCUT2D eigenvalue weighted by Crippen LogP contribution is -2.22. The molecule has 1 atom stereocenters. The molecule has 2 N–H and O–H groups in total. The van der Waals surface area contributed by atoms with Crippen LogP contribution >= 0.6 is 11.8 Å². The number of unbranched alkanes of at least 4 members (excludes halogenated alkanes) is 2. The number of hydrogen-bond acceptors (Lipinski definition) is 2. The third kappa shape index (κ3) is 8.21. The van der Waals surface area contributed by atoms with Crippen LogP contribution in [0.2, 0.25) is 0 Å². The van der Waals surface area contributed by atoms with Gasteiger partial charge < -0.3 is 5.73 Å². The third-order valence-electron chi connectivity index (χ3n) is 1.71. The molecule has 0 aliphatic carbocycles. The second-order valence-electron chi connectivity index (χ2n) is 2.92. The number of rotatable bonds is 7. The zero-order chi connectivity index (χ0) is 8.53. The van der Waals surface area contributed by atoms with Gasteiger partial charge in [-0.1, -0.05) is 33.1 Å². The zero-order valence-corrected chi connectivity index (χ0v) is 8.62. The van der Waals surface area contributed by atoms with E-state index in [-0.39, 0.29) is 0 Å². The summed E-state index contributed by atoms with van der Waals surface area (Å²) in [5, 5.41) is 0. The average Bonchev–Trinajstić information content (AvgIpc) is 2.01. The molecule has 1 unspecified atom stereocenters. The van der Waals surface area contributed by atoms with Crippen molar-refractivity contribution in [3.8, 4) is 0 Å². The minimum absolute atomic E-state index is 0.437. The van der Waals surface area contributed by atoms with Gasteiger partial charge in [0, 0.05) is 11.8 Å². The molecule has 0 aliphatic rings. The standard InChI is InChI=1S/C9H21NS/c1-3-5-6-7-9(10)8-11-4-2/h9H,3-8,10H2,1-2H3. The summed E-state index contributed by atoms with van der Waals surface area (Å²) >= 11 is 1.95. The van der Waals surface area contributed by atoms with Gasteiger partial charge in [-0.25, -0.2) is 0 Å². The van der Waals surface area contributed by atoms with Crippen molar-refractivity contribution in [1.82, 2.24) is 0 Å². The van der Waals surface area contributed by atoms with E-state index in [0.717, 1.165) is 5.75 Å². The average molecular weight is 175 g/mol. The molecular weight excluding hydrogens is 154 g/mol. The van der Waals surface area contributed by atoms with Crippen LogP contribution in [0.25, 0.3) is 0 Å². The SMILES string of the molecule is CCCCCC(N)CSCC. The van der Waals surface area contributed by atoms with Crippen LogP contribution in [0.1, 0.15) is 39.5 Å². The summed E-state index contributed by atoms with van der Waals surface area (Å²) in [7, 11) is 0. The Hall–Kier alpha value is 0.310. The topological polar surface area (TPSA) is 26.0 Å². The molecule has 0 fully saturated rings. The van der Waals surface area contributed by atoms with Crippen LogP contribution in [0.4, 0.5) is 0 Å². The van der Waals surface area contributed by atoms with Crippen molar-refractivity contribution >= 4 is 11.8 Å². The molecule has 1 nitrogen and oxygen atoms in total. The first kappa shape index (κ1) is 11.3. The molecule has 0 saturated heterocycles. The summed E-state index contributed by atoms with van der Waals surface area (Å²) in [6.45, 7) is 4.41. The molecule has 0 aliphatic heterocycles. The van der Waals surface area contributed by atoms with Crippen molar-refractivity contribution in [2.24, 2.45) is 5.73 Å². The molecule has 0 aromatic carbocycles. The van der Waals surface area contributed by atoms with Crippen LogP contribution in [0.15, 0.2) is 0 Å². The van der Waals surface area contributed by atoms with E-state index < -0.39 is 0 Å². The molecule has 0 rings (SSSR count). The van der Waals surface area contributed by atoms with Crippen LogP contribution in [-0.2, 0) is 0 Å². The number of hydrogen-bond donors (Lipinski definition) is 1. The molecule has 0 aromatic heterocycles. The highest BCUT2D eigenvalue weighted by molar-refractivity contribution is 7.99. The molecule has 0 radical (unpaired) electrons. The van der Waals surface area contributed by atoms with Gasteiger partial charge in [-0.15, -0.1) is 0 Å². The van der Waals surface area contributed by atoms with Gasteiger partial charge in [-0.05, 0) is 12.2 Å². The molecule has 0 spiro atoms. The quantitative estimate of drug-likeness (QED) is 0.602. The predicted molar refractivity (Wildman–Crippen MR) is 55.1 cm³/mol. The van der Waals surface area contributed by atoms with Crippen LogP contribution in [0.3, 0.4) is 0 Å². The van der Waals surface area contributed by atoms with Gasteiger partial charge in [-0.3, -0.25) is 0 Å². The van der Waals surface area contributed by atoms with Crippen LogP contribution < -0.4 is 5.73 Å². The first-order chi connectivity index (χ1) is 5.31. The van der Waals surface area contributed by atoms with Crippen molar-refractivity contribution in [2.45, 2.75) is 45.6 Å². The summed E-state index contributed by atoms with van der Waals surface area (Å²) in [6.07, 6.45) is 5.15. The summed E-state index contributed by atoms with van der Waals surface area (Å²) in [5.41, 5.74) is 5.88. The van der Waals surface area contributed by atoms with E-state index in [0.29, 0.717) is 6.04 Å². The van der Waals surface area contributed by atoms with Gasteiger partial charge in [0.25, 0.3) is 0 Å². The van der Waals surface area contributed by atoms with E-state index in [2.05, 4.69) is 13.8 Å². The Morgan fingerprint density at radius 2 is 2.00 bits per heavy atom.